The molecule has 2 rings (SSSR count). The summed E-state index contributed by atoms with van der Waals surface area (Å²) in [5, 5.41) is 3.18. The largest absolute Gasteiger partial charge is 0.374 e. The van der Waals surface area contributed by atoms with Crippen LogP contribution in [-0.4, -0.2) is 26.3 Å². The second kappa shape index (κ2) is 5.56. The van der Waals surface area contributed by atoms with E-state index in [9.17, 15) is 8.78 Å². The zero-order chi connectivity index (χ0) is 12.1. The van der Waals surface area contributed by atoms with E-state index in [0.29, 0.717) is 12.5 Å². The van der Waals surface area contributed by atoms with Crippen LogP contribution in [0.25, 0.3) is 0 Å². The Labute approximate surface area is 100.0 Å². The first-order valence-electron chi connectivity index (χ1n) is 5.90. The average molecular weight is 241 g/mol. The molecule has 1 saturated heterocycles. The summed E-state index contributed by atoms with van der Waals surface area (Å²) in [4.78, 5) is 0. The molecule has 1 atom stereocenters. The second-order valence-corrected chi connectivity index (χ2v) is 4.44. The summed E-state index contributed by atoms with van der Waals surface area (Å²) >= 11 is 0. The van der Waals surface area contributed by atoms with Gasteiger partial charge in [0.25, 0.3) is 5.92 Å². The monoisotopic (exact) mass is 241 g/mol. The molecule has 1 aromatic rings. The Kier molecular flexibility index (Phi) is 4.07. The van der Waals surface area contributed by atoms with E-state index in [4.69, 9.17) is 4.74 Å². The highest BCUT2D eigenvalue weighted by molar-refractivity contribution is 5.19. The summed E-state index contributed by atoms with van der Waals surface area (Å²) in [5.74, 6) is -2.52. The van der Waals surface area contributed by atoms with Crippen molar-refractivity contribution >= 4 is 0 Å². The summed E-state index contributed by atoms with van der Waals surface area (Å²) in [6.07, 6.45) is 1.01. The van der Waals surface area contributed by atoms with Crippen LogP contribution in [0.15, 0.2) is 30.3 Å². The Morgan fingerprint density at radius 1 is 1.29 bits per heavy atom. The zero-order valence-corrected chi connectivity index (χ0v) is 9.66. The lowest BCUT2D eigenvalue weighted by atomic mass is 10.1. The summed E-state index contributed by atoms with van der Waals surface area (Å²) in [6, 6.07) is 7.82. The number of ether oxygens (including phenoxy) is 1. The highest BCUT2D eigenvalue weighted by Gasteiger charge is 2.32. The molecule has 1 fully saturated rings. The smallest absolute Gasteiger partial charge is 0.296 e. The molecule has 0 saturated carbocycles. The minimum absolute atomic E-state index is 0.0181. The van der Waals surface area contributed by atoms with Crippen LogP contribution < -0.4 is 5.32 Å². The van der Waals surface area contributed by atoms with Gasteiger partial charge in [-0.3, -0.25) is 0 Å². The van der Waals surface area contributed by atoms with Gasteiger partial charge in [0.2, 0.25) is 0 Å². The van der Waals surface area contributed by atoms with E-state index in [1.807, 2.05) is 0 Å². The van der Waals surface area contributed by atoms with Gasteiger partial charge in [0.05, 0.1) is 6.61 Å². The van der Waals surface area contributed by atoms with E-state index in [1.165, 1.54) is 12.1 Å². The van der Waals surface area contributed by atoms with Gasteiger partial charge in [-0.05, 0) is 18.9 Å². The van der Waals surface area contributed by atoms with E-state index in [0.717, 1.165) is 19.5 Å². The third-order valence-electron chi connectivity index (χ3n) is 3.00. The van der Waals surface area contributed by atoms with Crippen LogP contribution >= 0.6 is 0 Å². The molecule has 0 bridgehead atoms. The molecule has 0 aliphatic carbocycles. The van der Waals surface area contributed by atoms with Crippen molar-refractivity contribution in [1.29, 1.82) is 0 Å². The van der Waals surface area contributed by atoms with Crippen LogP contribution in [0.4, 0.5) is 8.78 Å². The van der Waals surface area contributed by atoms with E-state index >= 15 is 0 Å². The predicted molar refractivity (Wildman–Crippen MR) is 62.1 cm³/mol. The lowest BCUT2D eigenvalue weighted by Gasteiger charge is -2.18. The quantitative estimate of drug-likeness (QED) is 0.854. The van der Waals surface area contributed by atoms with E-state index in [1.54, 1.807) is 18.2 Å². The normalized spacial score (nSPS) is 20.7. The molecule has 1 unspecified atom stereocenters. The van der Waals surface area contributed by atoms with Crippen molar-refractivity contribution in [2.45, 2.75) is 12.3 Å². The Balaban J connectivity index is 1.80. The number of alkyl halides is 2. The Morgan fingerprint density at radius 3 is 2.71 bits per heavy atom. The first kappa shape index (κ1) is 12.5. The lowest BCUT2D eigenvalue weighted by molar-refractivity contribution is -0.0877. The molecule has 1 heterocycles. The highest BCUT2D eigenvalue weighted by atomic mass is 19.3. The van der Waals surface area contributed by atoms with E-state index in [2.05, 4.69) is 5.32 Å². The van der Waals surface area contributed by atoms with Crippen molar-refractivity contribution in [3.8, 4) is 0 Å². The van der Waals surface area contributed by atoms with Crippen LogP contribution in [0.2, 0.25) is 0 Å². The standard InChI is InChI=1S/C13H17F2NO/c14-13(15,12-4-2-1-3-5-12)10-17-9-11-6-7-16-8-11/h1-5,11,16H,6-10H2. The minimum Gasteiger partial charge on any atom is -0.374 e. The fraction of sp³-hybridized carbons (Fsp3) is 0.538. The van der Waals surface area contributed by atoms with Crippen molar-refractivity contribution in [3.05, 3.63) is 35.9 Å². The average Bonchev–Trinajstić information content (AvgIpc) is 2.83. The SMILES string of the molecule is FC(F)(COCC1CCNC1)c1ccccc1. The molecular weight excluding hydrogens is 224 g/mol. The van der Waals surface area contributed by atoms with Crippen molar-refractivity contribution in [2.24, 2.45) is 5.92 Å². The van der Waals surface area contributed by atoms with Gasteiger partial charge in [-0.1, -0.05) is 30.3 Å². The van der Waals surface area contributed by atoms with Gasteiger partial charge in [0.15, 0.2) is 0 Å². The first-order valence-corrected chi connectivity index (χ1v) is 5.90. The van der Waals surface area contributed by atoms with Crippen LogP contribution in [0, 0.1) is 5.92 Å². The van der Waals surface area contributed by atoms with Gasteiger partial charge in [0, 0.05) is 12.1 Å². The molecule has 17 heavy (non-hydrogen) atoms. The third kappa shape index (κ3) is 3.48. The second-order valence-electron chi connectivity index (χ2n) is 4.44. The van der Waals surface area contributed by atoms with Gasteiger partial charge in [0.1, 0.15) is 6.61 Å². The molecular formula is C13H17F2NO. The third-order valence-corrected chi connectivity index (χ3v) is 3.00. The van der Waals surface area contributed by atoms with Crippen molar-refractivity contribution < 1.29 is 13.5 Å². The lowest BCUT2D eigenvalue weighted by Crippen LogP contribution is -2.23. The summed E-state index contributed by atoms with van der Waals surface area (Å²) < 4.78 is 32.5. The maximum atomic E-state index is 13.7. The van der Waals surface area contributed by atoms with Crippen LogP contribution in [-0.2, 0) is 10.7 Å². The minimum atomic E-state index is -2.90. The number of halogens is 2. The van der Waals surface area contributed by atoms with Crippen LogP contribution in [0.5, 0.6) is 0 Å². The van der Waals surface area contributed by atoms with Crippen molar-refractivity contribution in [1.82, 2.24) is 5.32 Å². The first-order chi connectivity index (χ1) is 8.18. The fourth-order valence-electron chi connectivity index (χ4n) is 1.98. The molecule has 4 heteroatoms. The molecule has 0 aromatic heterocycles. The Bertz CT molecular complexity index is 337. The maximum Gasteiger partial charge on any atom is 0.296 e. The predicted octanol–water partition coefficient (Wildman–Crippen LogP) is 2.40. The molecule has 2 nitrogen and oxygen atoms in total. The number of nitrogens with one attached hydrogen (secondary N) is 1. The summed E-state index contributed by atoms with van der Waals surface area (Å²) in [5.41, 5.74) is 0.0181. The topological polar surface area (TPSA) is 21.3 Å². The molecule has 0 radical (unpaired) electrons. The van der Waals surface area contributed by atoms with Crippen LogP contribution in [0.1, 0.15) is 12.0 Å². The molecule has 1 aliphatic heterocycles. The molecule has 1 N–H and O–H groups in total. The van der Waals surface area contributed by atoms with Crippen LogP contribution in [0.3, 0.4) is 0 Å². The number of hydrogen-bond acceptors (Lipinski definition) is 2. The maximum absolute atomic E-state index is 13.7. The molecule has 94 valence electrons. The molecule has 1 aromatic carbocycles. The van der Waals surface area contributed by atoms with Gasteiger partial charge < -0.3 is 10.1 Å². The van der Waals surface area contributed by atoms with Gasteiger partial charge in [-0.2, -0.15) is 8.78 Å². The Hall–Kier alpha value is -1.00. The zero-order valence-electron chi connectivity index (χ0n) is 9.66. The summed E-state index contributed by atoms with van der Waals surface area (Å²) in [6.45, 7) is 1.71. The molecule has 0 amide bonds. The van der Waals surface area contributed by atoms with E-state index < -0.39 is 12.5 Å². The number of hydrogen-bond donors (Lipinski definition) is 1. The van der Waals surface area contributed by atoms with Gasteiger partial charge in [-0.15, -0.1) is 0 Å². The van der Waals surface area contributed by atoms with E-state index in [-0.39, 0.29) is 5.56 Å². The summed E-state index contributed by atoms with van der Waals surface area (Å²) in [7, 11) is 0. The number of benzene rings is 1. The van der Waals surface area contributed by atoms with Gasteiger partial charge in [-0.25, -0.2) is 0 Å². The highest BCUT2D eigenvalue weighted by Crippen LogP contribution is 2.28. The van der Waals surface area contributed by atoms with Crippen molar-refractivity contribution in [3.63, 3.8) is 0 Å². The number of rotatable bonds is 5. The molecule has 1 aliphatic rings. The fourth-order valence-corrected chi connectivity index (χ4v) is 1.98. The van der Waals surface area contributed by atoms with Gasteiger partial charge >= 0.3 is 0 Å². The van der Waals surface area contributed by atoms with Crippen molar-refractivity contribution in [2.75, 3.05) is 26.3 Å². The Morgan fingerprint density at radius 2 is 2.06 bits per heavy atom. The molecule has 0 spiro atoms.